The summed E-state index contributed by atoms with van der Waals surface area (Å²) in [6.45, 7) is 2.41. The van der Waals surface area contributed by atoms with Crippen molar-refractivity contribution in [3.8, 4) is 55.6 Å². The van der Waals surface area contributed by atoms with E-state index in [-0.39, 0.29) is 5.41 Å². The zero-order valence-corrected chi connectivity index (χ0v) is 39.0. The standard InChI is InChI=1S/C69H49N/c1-68(52-25-11-4-12-26-52)64-33-19-17-31-59(64)61-43-40-56(46-66(61)68)70(55-38-35-48(36-39-55)51-37-42-58(49-21-7-2-8-22-49)63(45-51)50-23-9-3-10-24-50)57-41-44-62-60-32-18-20-34-65(60)69(67(62)47-57,53-27-13-5-14-28-53)54-29-15-6-16-30-54/h2-47H,1H3. The van der Waals surface area contributed by atoms with Crippen LogP contribution in [0.25, 0.3) is 55.6 Å². The van der Waals surface area contributed by atoms with Crippen LogP contribution in [0.2, 0.25) is 0 Å². The molecule has 0 aliphatic heterocycles. The molecule has 0 saturated carbocycles. The summed E-state index contributed by atoms with van der Waals surface area (Å²) >= 11 is 0. The number of fused-ring (bicyclic) bond motifs is 6. The summed E-state index contributed by atoms with van der Waals surface area (Å²) in [5.41, 5.74) is 23.7. The van der Waals surface area contributed by atoms with E-state index in [9.17, 15) is 0 Å². The summed E-state index contributed by atoms with van der Waals surface area (Å²) in [4.78, 5) is 2.48. The minimum absolute atomic E-state index is 0.351. The van der Waals surface area contributed by atoms with Crippen LogP contribution in [0.4, 0.5) is 17.1 Å². The Kier molecular flexibility index (Phi) is 9.92. The lowest BCUT2D eigenvalue weighted by Crippen LogP contribution is -2.28. The first-order valence-electron chi connectivity index (χ1n) is 24.4. The van der Waals surface area contributed by atoms with Gasteiger partial charge in [0.25, 0.3) is 0 Å². The molecule has 2 aliphatic carbocycles. The average Bonchev–Trinajstić information content (AvgIpc) is 3.88. The molecule has 0 saturated heterocycles. The molecule has 1 atom stereocenters. The van der Waals surface area contributed by atoms with Crippen LogP contribution in [-0.2, 0) is 10.8 Å². The highest BCUT2D eigenvalue weighted by molar-refractivity contribution is 5.92. The number of benzene rings is 11. The Hall–Kier alpha value is -8.78. The van der Waals surface area contributed by atoms with Crippen molar-refractivity contribution in [1.29, 1.82) is 0 Å². The molecule has 0 fully saturated rings. The predicted octanol–water partition coefficient (Wildman–Crippen LogP) is 17.9. The van der Waals surface area contributed by atoms with Crippen molar-refractivity contribution >= 4 is 17.1 Å². The van der Waals surface area contributed by atoms with Crippen molar-refractivity contribution in [2.45, 2.75) is 17.8 Å². The first kappa shape index (κ1) is 41.4. The molecule has 0 radical (unpaired) electrons. The van der Waals surface area contributed by atoms with Gasteiger partial charge in [0.05, 0.1) is 5.41 Å². The Morgan fingerprint density at radius 1 is 0.243 bits per heavy atom. The molecule has 0 aromatic heterocycles. The third-order valence-corrected chi connectivity index (χ3v) is 15.3. The van der Waals surface area contributed by atoms with Gasteiger partial charge in [-0.15, -0.1) is 0 Å². The Balaban J connectivity index is 1.01. The molecule has 0 N–H and O–H groups in total. The summed E-state index contributed by atoms with van der Waals surface area (Å²) in [5, 5.41) is 0. The van der Waals surface area contributed by atoms with Gasteiger partial charge in [0.15, 0.2) is 0 Å². The van der Waals surface area contributed by atoms with E-state index in [0.29, 0.717) is 0 Å². The number of nitrogens with zero attached hydrogens (tertiary/aromatic N) is 1. The summed E-state index contributed by atoms with van der Waals surface area (Å²) in [7, 11) is 0. The number of hydrogen-bond donors (Lipinski definition) is 0. The van der Waals surface area contributed by atoms with Crippen LogP contribution in [0.5, 0.6) is 0 Å². The largest absolute Gasteiger partial charge is 0.310 e. The molecule has 0 amide bonds. The lowest BCUT2D eigenvalue weighted by molar-refractivity contribution is 0.714. The summed E-state index contributed by atoms with van der Waals surface area (Å²) in [6.07, 6.45) is 0. The molecule has 0 bridgehead atoms. The topological polar surface area (TPSA) is 3.24 Å². The molecule has 70 heavy (non-hydrogen) atoms. The van der Waals surface area contributed by atoms with Crippen LogP contribution < -0.4 is 4.90 Å². The molecule has 11 aromatic rings. The second kappa shape index (κ2) is 16.8. The van der Waals surface area contributed by atoms with Gasteiger partial charge < -0.3 is 4.90 Å². The molecule has 0 spiro atoms. The Morgan fingerprint density at radius 2 is 0.643 bits per heavy atom. The predicted molar refractivity (Wildman–Crippen MR) is 292 cm³/mol. The fourth-order valence-corrected chi connectivity index (χ4v) is 12.0. The van der Waals surface area contributed by atoms with Crippen LogP contribution in [0.15, 0.2) is 279 Å². The van der Waals surface area contributed by atoms with E-state index < -0.39 is 5.41 Å². The third kappa shape index (κ3) is 6.46. The first-order valence-corrected chi connectivity index (χ1v) is 24.4. The van der Waals surface area contributed by atoms with E-state index in [2.05, 4.69) is 291 Å². The van der Waals surface area contributed by atoms with Gasteiger partial charge in [-0.2, -0.15) is 0 Å². The van der Waals surface area contributed by atoms with Gasteiger partial charge in [-0.3, -0.25) is 0 Å². The average molecular weight is 892 g/mol. The zero-order chi connectivity index (χ0) is 46.7. The Labute approximate surface area is 411 Å². The van der Waals surface area contributed by atoms with Gasteiger partial charge >= 0.3 is 0 Å². The van der Waals surface area contributed by atoms with Gasteiger partial charge in [-0.05, 0) is 144 Å². The Bertz CT molecular complexity index is 3650. The summed E-state index contributed by atoms with van der Waals surface area (Å²) < 4.78 is 0. The lowest BCUT2D eigenvalue weighted by Gasteiger charge is -2.35. The van der Waals surface area contributed by atoms with E-state index in [1.54, 1.807) is 0 Å². The maximum Gasteiger partial charge on any atom is 0.0714 e. The van der Waals surface area contributed by atoms with Gasteiger partial charge in [0, 0.05) is 22.5 Å². The van der Waals surface area contributed by atoms with Gasteiger partial charge in [-0.1, -0.05) is 237 Å². The minimum atomic E-state index is -0.534. The third-order valence-electron chi connectivity index (χ3n) is 15.3. The molecule has 1 unspecified atom stereocenters. The van der Waals surface area contributed by atoms with Crippen molar-refractivity contribution in [2.24, 2.45) is 0 Å². The fraction of sp³-hybridized carbons (Fsp3) is 0.0435. The highest BCUT2D eigenvalue weighted by Gasteiger charge is 2.46. The SMILES string of the molecule is CC1(c2ccccc2)c2ccccc2-c2ccc(N(c3ccc(-c4ccc(-c5ccccc5)c(-c5ccccc5)c4)cc3)c3ccc4c(c3)C(c3ccccc3)(c3ccccc3)c3ccccc3-4)cc21. The van der Waals surface area contributed by atoms with Crippen molar-refractivity contribution in [1.82, 2.24) is 0 Å². The molecule has 2 aliphatic rings. The lowest BCUT2D eigenvalue weighted by atomic mass is 9.67. The smallest absolute Gasteiger partial charge is 0.0714 e. The summed E-state index contributed by atoms with van der Waals surface area (Å²) in [5.74, 6) is 0. The molecular weight excluding hydrogens is 843 g/mol. The first-order chi connectivity index (χ1) is 34.6. The molecule has 1 nitrogen and oxygen atoms in total. The molecule has 1 heteroatoms. The summed E-state index contributed by atoms with van der Waals surface area (Å²) in [6, 6.07) is 103. The van der Waals surface area contributed by atoms with Crippen molar-refractivity contribution in [3.05, 3.63) is 318 Å². The van der Waals surface area contributed by atoms with Crippen molar-refractivity contribution in [3.63, 3.8) is 0 Å². The number of anilines is 3. The Morgan fingerprint density at radius 3 is 1.23 bits per heavy atom. The second-order valence-electron chi connectivity index (χ2n) is 18.9. The van der Waals surface area contributed by atoms with Crippen LogP contribution in [0, 0.1) is 0 Å². The zero-order valence-electron chi connectivity index (χ0n) is 39.0. The number of rotatable bonds is 9. The quantitative estimate of drug-likeness (QED) is 0.140. The fourth-order valence-electron chi connectivity index (χ4n) is 12.0. The molecule has 13 rings (SSSR count). The monoisotopic (exact) mass is 891 g/mol. The van der Waals surface area contributed by atoms with Gasteiger partial charge in [0.1, 0.15) is 0 Å². The van der Waals surface area contributed by atoms with Gasteiger partial charge in [-0.25, -0.2) is 0 Å². The molecule has 330 valence electrons. The van der Waals surface area contributed by atoms with Crippen LogP contribution in [0.1, 0.15) is 45.9 Å². The maximum absolute atomic E-state index is 2.48. The molecular formula is C69H49N. The highest BCUT2D eigenvalue weighted by atomic mass is 15.1. The molecule has 11 aromatic carbocycles. The van der Waals surface area contributed by atoms with E-state index in [4.69, 9.17) is 0 Å². The minimum Gasteiger partial charge on any atom is -0.310 e. The van der Waals surface area contributed by atoms with Crippen LogP contribution in [0.3, 0.4) is 0 Å². The van der Waals surface area contributed by atoms with E-state index in [1.165, 1.54) is 89.0 Å². The highest BCUT2D eigenvalue weighted by Crippen LogP contribution is 2.58. The number of hydrogen-bond acceptors (Lipinski definition) is 1. The van der Waals surface area contributed by atoms with Crippen molar-refractivity contribution < 1.29 is 0 Å². The van der Waals surface area contributed by atoms with E-state index in [1.807, 2.05) is 0 Å². The molecule has 0 heterocycles. The van der Waals surface area contributed by atoms with E-state index in [0.717, 1.165) is 22.6 Å². The van der Waals surface area contributed by atoms with Gasteiger partial charge in [0.2, 0.25) is 0 Å². The maximum atomic E-state index is 2.48. The van der Waals surface area contributed by atoms with Crippen LogP contribution >= 0.6 is 0 Å². The normalized spacial score (nSPS) is 14.8. The van der Waals surface area contributed by atoms with Crippen molar-refractivity contribution in [2.75, 3.05) is 4.90 Å². The van der Waals surface area contributed by atoms with Crippen LogP contribution in [-0.4, -0.2) is 0 Å². The van der Waals surface area contributed by atoms with E-state index >= 15 is 0 Å². The second-order valence-corrected chi connectivity index (χ2v) is 18.9.